The molecule has 0 bridgehead atoms. The van der Waals surface area contributed by atoms with Crippen molar-refractivity contribution in [3.05, 3.63) is 94.5 Å². The smallest absolute Gasteiger partial charge is 0.264 e. The Morgan fingerprint density at radius 2 is 1.67 bits per heavy atom. The van der Waals surface area contributed by atoms with E-state index in [9.17, 15) is 13.2 Å². The molecule has 0 spiro atoms. The minimum absolute atomic E-state index is 0.0644. The second-order valence-corrected chi connectivity index (χ2v) is 10.2. The number of para-hydroxylation sites is 1. The van der Waals surface area contributed by atoms with Gasteiger partial charge in [-0.15, -0.1) is 0 Å². The fourth-order valence-corrected chi connectivity index (χ4v) is 4.83. The maximum Gasteiger partial charge on any atom is 0.264 e. The van der Waals surface area contributed by atoms with E-state index in [0.29, 0.717) is 5.92 Å². The summed E-state index contributed by atoms with van der Waals surface area (Å²) in [5, 5.41) is 4.19. The Hall–Kier alpha value is -3.16. The van der Waals surface area contributed by atoms with E-state index in [-0.39, 0.29) is 15.6 Å². The van der Waals surface area contributed by atoms with Gasteiger partial charge in [-0.2, -0.15) is 5.10 Å². The van der Waals surface area contributed by atoms with Crippen molar-refractivity contribution in [2.45, 2.75) is 31.6 Å². The molecule has 0 saturated carbocycles. The number of hydrogen-bond donors (Lipinski definition) is 1. The van der Waals surface area contributed by atoms with E-state index in [0.717, 1.165) is 15.4 Å². The van der Waals surface area contributed by atoms with Crippen LogP contribution in [0.5, 0.6) is 0 Å². The highest BCUT2D eigenvalue weighted by Gasteiger charge is 2.28. The first-order valence-corrected chi connectivity index (χ1v) is 12.3. The molecule has 0 saturated heterocycles. The van der Waals surface area contributed by atoms with Crippen LogP contribution in [-0.4, -0.2) is 27.1 Å². The fraction of sp³-hybridized carbons (Fsp3) is 0.200. The van der Waals surface area contributed by atoms with Crippen molar-refractivity contribution in [3.63, 3.8) is 0 Å². The molecule has 6 nitrogen and oxygen atoms in total. The van der Waals surface area contributed by atoms with Crippen LogP contribution in [0, 0.1) is 6.92 Å². The quantitative estimate of drug-likeness (QED) is 0.357. The number of aryl methyl sites for hydroxylation is 1. The van der Waals surface area contributed by atoms with Crippen LogP contribution >= 0.6 is 11.6 Å². The lowest BCUT2D eigenvalue weighted by Crippen LogP contribution is -2.39. The zero-order chi connectivity index (χ0) is 24.0. The molecule has 1 N–H and O–H groups in total. The van der Waals surface area contributed by atoms with Gasteiger partial charge < -0.3 is 0 Å². The lowest BCUT2D eigenvalue weighted by molar-refractivity contribution is -0.119. The Labute approximate surface area is 200 Å². The molecule has 0 fully saturated rings. The largest absolute Gasteiger partial charge is 0.271 e. The second-order valence-electron chi connectivity index (χ2n) is 7.89. The number of nitrogens with one attached hydrogen (secondary N) is 1. The van der Waals surface area contributed by atoms with Gasteiger partial charge in [0.1, 0.15) is 6.54 Å². The van der Waals surface area contributed by atoms with Gasteiger partial charge in [0.05, 0.1) is 21.8 Å². The number of anilines is 1. The molecule has 3 rings (SSSR count). The zero-order valence-corrected chi connectivity index (χ0v) is 20.3. The first-order valence-electron chi connectivity index (χ1n) is 10.4. The summed E-state index contributed by atoms with van der Waals surface area (Å²) in [7, 11) is -4.04. The fourth-order valence-electron chi connectivity index (χ4n) is 3.10. The maximum atomic E-state index is 13.4. The Bertz CT molecular complexity index is 1240. The summed E-state index contributed by atoms with van der Waals surface area (Å²) in [4.78, 5) is 12.7. The van der Waals surface area contributed by atoms with Crippen molar-refractivity contribution in [3.8, 4) is 0 Å². The first kappa shape index (κ1) is 24.5. The number of rotatable bonds is 8. The van der Waals surface area contributed by atoms with Crippen LogP contribution in [0.4, 0.5) is 5.69 Å². The van der Waals surface area contributed by atoms with Gasteiger partial charge in [-0.25, -0.2) is 13.8 Å². The van der Waals surface area contributed by atoms with Gasteiger partial charge in [0.2, 0.25) is 0 Å². The monoisotopic (exact) mass is 483 g/mol. The Kier molecular flexibility index (Phi) is 7.89. The molecule has 0 aromatic heterocycles. The van der Waals surface area contributed by atoms with Crippen molar-refractivity contribution in [2.24, 2.45) is 5.10 Å². The van der Waals surface area contributed by atoms with Crippen molar-refractivity contribution >= 4 is 39.4 Å². The average molecular weight is 484 g/mol. The highest BCUT2D eigenvalue weighted by Crippen LogP contribution is 2.30. The zero-order valence-electron chi connectivity index (χ0n) is 18.7. The number of nitrogens with zero attached hydrogens (tertiary/aromatic N) is 2. The molecule has 0 aliphatic rings. The van der Waals surface area contributed by atoms with Crippen molar-refractivity contribution < 1.29 is 13.2 Å². The summed E-state index contributed by atoms with van der Waals surface area (Å²) < 4.78 is 27.7. The highest BCUT2D eigenvalue weighted by molar-refractivity contribution is 7.92. The Morgan fingerprint density at radius 3 is 2.27 bits per heavy atom. The van der Waals surface area contributed by atoms with Crippen LogP contribution < -0.4 is 9.73 Å². The van der Waals surface area contributed by atoms with Crippen LogP contribution in [0.25, 0.3) is 0 Å². The number of hydrazone groups is 1. The van der Waals surface area contributed by atoms with Crippen molar-refractivity contribution in [1.82, 2.24) is 5.43 Å². The van der Waals surface area contributed by atoms with Gasteiger partial charge in [-0.1, -0.05) is 79.5 Å². The number of hydrogen-bond acceptors (Lipinski definition) is 4. The minimum Gasteiger partial charge on any atom is -0.271 e. The normalized spacial score (nSPS) is 11.7. The van der Waals surface area contributed by atoms with Gasteiger partial charge in [0, 0.05) is 0 Å². The molecule has 0 radical (unpaired) electrons. The van der Waals surface area contributed by atoms with E-state index in [2.05, 4.69) is 24.4 Å². The number of amides is 1. The van der Waals surface area contributed by atoms with Gasteiger partial charge >= 0.3 is 0 Å². The summed E-state index contributed by atoms with van der Waals surface area (Å²) in [5.74, 6) is -0.178. The second kappa shape index (κ2) is 10.6. The maximum absolute atomic E-state index is 13.4. The molecule has 1 amide bonds. The molecule has 8 heteroatoms. The average Bonchev–Trinajstić information content (AvgIpc) is 2.78. The van der Waals surface area contributed by atoms with Crippen LogP contribution in [0.3, 0.4) is 0 Å². The molecular weight excluding hydrogens is 458 g/mol. The predicted octanol–water partition coefficient (Wildman–Crippen LogP) is 5.12. The lowest BCUT2D eigenvalue weighted by atomic mass is 10.0. The molecule has 3 aromatic carbocycles. The number of benzene rings is 3. The summed E-state index contributed by atoms with van der Waals surface area (Å²) >= 11 is 6.27. The molecule has 33 heavy (non-hydrogen) atoms. The molecule has 0 atom stereocenters. The Morgan fingerprint density at radius 1 is 1.03 bits per heavy atom. The van der Waals surface area contributed by atoms with E-state index in [1.54, 1.807) is 36.4 Å². The van der Waals surface area contributed by atoms with Crippen LogP contribution in [0.1, 0.15) is 36.5 Å². The van der Waals surface area contributed by atoms with E-state index in [1.165, 1.54) is 23.9 Å². The third-order valence-corrected chi connectivity index (χ3v) is 7.12. The van der Waals surface area contributed by atoms with E-state index in [4.69, 9.17) is 11.6 Å². The number of sulfonamides is 1. The van der Waals surface area contributed by atoms with Crippen molar-refractivity contribution in [2.75, 3.05) is 10.8 Å². The van der Waals surface area contributed by atoms with Crippen LogP contribution in [0.2, 0.25) is 5.02 Å². The first-order chi connectivity index (χ1) is 15.7. The molecule has 0 heterocycles. The van der Waals surface area contributed by atoms with Gasteiger partial charge in [0.15, 0.2) is 0 Å². The van der Waals surface area contributed by atoms with E-state index < -0.39 is 22.5 Å². The summed E-state index contributed by atoms with van der Waals surface area (Å²) in [6.07, 6.45) is 1.51. The molecule has 172 valence electrons. The van der Waals surface area contributed by atoms with Crippen LogP contribution in [-0.2, 0) is 14.8 Å². The number of halogens is 1. The van der Waals surface area contributed by atoms with Gasteiger partial charge in [-0.05, 0) is 48.2 Å². The van der Waals surface area contributed by atoms with E-state index in [1.807, 2.05) is 31.2 Å². The summed E-state index contributed by atoms with van der Waals surface area (Å²) in [5.41, 5.74) is 5.55. The molecule has 0 unspecified atom stereocenters. The molecule has 0 aliphatic carbocycles. The van der Waals surface area contributed by atoms with Gasteiger partial charge in [0.25, 0.3) is 15.9 Å². The Balaban J connectivity index is 1.81. The number of carbonyl (C=O) groups excluding carboxylic acids is 1. The summed E-state index contributed by atoms with van der Waals surface area (Å²) in [6.45, 7) is 5.60. The molecule has 3 aromatic rings. The van der Waals surface area contributed by atoms with Crippen LogP contribution in [0.15, 0.2) is 82.8 Å². The third-order valence-electron chi connectivity index (χ3n) is 5.02. The topological polar surface area (TPSA) is 78.8 Å². The minimum atomic E-state index is -4.04. The standard InChI is InChI=1S/C25H26ClN3O3S/c1-18(2)21-12-10-20(11-13-21)16-27-28-25(30)17-29(24-7-5-4-6-23(24)26)33(31,32)22-14-8-19(3)9-15-22/h4-16,18H,17H2,1-3H3,(H,28,30)/b27-16-. The van der Waals surface area contributed by atoms with Crippen molar-refractivity contribution in [1.29, 1.82) is 0 Å². The third kappa shape index (κ3) is 6.21. The van der Waals surface area contributed by atoms with E-state index >= 15 is 0 Å². The molecule has 0 aliphatic heterocycles. The summed E-state index contributed by atoms with van der Waals surface area (Å²) in [6, 6.07) is 20.7. The van der Waals surface area contributed by atoms with Gasteiger partial charge in [-0.3, -0.25) is 9.10 Å². The number of carbonyl (C=O) groups is 1. The molecular formula is C25H26ClN3O3S. The lowest BCUT2D eigenvalue weighted by Gasteiger charge is -2.24. The highest BCUT2D eigenvalue weighted by atomic mass is 35.5. The predicted molar refractivity (Wildman–Crippen MR) is 133 cm³/mol. The SMILES string of the molecule is Cc1ccc(S(=O)(=O)N(CC(=O)N/N=C\c2ccc(C(C)C)cc2)c2ccccc2Cl)cc1.